The number of thiophene rings is 1. The van der Waals surface area contributed by atoms with E-state index >= 15 is 0 Å². The average molecular weight is 257 g/mol. The SMILES string of the molecule is FC(F)(F)c1ccccc1CNc1ccsc1. The molecule has 1 N–H and O–H groups in total. The van der Waals surface area contributed by atoms with E-state index in [1.807, 2.05) is 16.8 Å². The summed E-state index contributed by atoms with van der Waals surface area (Å²) in [6.07, 6.45) is -4.30. The molecule has 0 unspecified atom stereocenters. The minimum absolute atomic E-state index is 0.173. The normalized spacial score (nSPS) is 11.5. The first-order valence-electron chi connectivity index (χ1n) is 4.98. The minimum atomic E-state index is -4.30. The van der Waals surface area contributed by atoms with Gasteiger partial charge in [-0.15, -0.1) is 0 Å². The van der Waals surface area contributed by atoms with E-state index in [0.29, 0.717) is 0 Å². The molecule has 0 amide bonds. The summed E-state index contributed by atoms with van der Waals surface area (Å²) in [5, 5.41) is 6.69. The second-order valence-electron chi connectivity index (χ2n) is 3.52. The van der Waals surface area contributed by atoms with Crippen LogP contribution in [0.3, 0.4) is 0 Å². The lowest BCUT2D eigenvalue weighted by atomic mass is 10.1. The summed E-state index contributed by atoms with van der Waals surface area (Å²) in [5.74, 6) is 0. The molecule has 0 saturated carbocycles. The van der Waals surface area contributed by atoms with Crippen molar-refractivity contribution in [2.75, 3.05) is 5.32 Å². The van der Waals surface area contributed by atoms with Gasteiger partial charge in [0.05, 0.1) is 5.56 Å². The smallest absolute Gasteiger partial charge is 0.380 e. The third kappa shape index (κ3) is 3.00. The zero-order valence-corrected chi connectivity index (χ0v) is 9.61. The largest absolute Gasteiger partial charge is 0.416 e. The van der Waals surface area contributed by atoms with Gasteiger partial charge in [-0.2, -0.15) is 24.5 Å². The highest BCUT2D eigenvalue weighted by Gasteiger charge is 2.32. The molecule has 2 aromatic rings. The van der Waals surface area contributed by atoms with Crippen LogP contribution in [0.5, 0.6) is 0 Å². The van der Waals surface area contributed by atoms with E-state index in [0.717, 1.165) is 11.8 Å². The van der Waals surface area contributed by atoms with Crippen molar-refractivity contribution in [3.63, 3.8) is 0 Å². The lowest BCUT2D eigenvalue weighted by molar-refractivity contribution is -0.138. The summed E-state index contributed by atoms with van der Waals surface area (Å²) < 4.78 is 38.1. The van der Waals surface area contributed by atoms with Gasteiger partial charge < -0.3 is 5.32 Å². The first-order chi connectivity index (χ1) is 8.07. The third-order valence-corrected chi connectivity index (χ3v) is 3.01. The minimum Gasteiger partial charge on any atom is -0.380 e. The van der Waals surface area contributed by atoms with Gasteiger partial charge in [-0.1, -0.05) is 18.2 Å². The monoisotopic (exact) mass is 257 g/mol. The van der Waals surface area contributed by atoms with Crippen molar-refractivity contribution in [3.05, 3.63) is 52.2 Å². The van der Waals surface area contributed by atoms with E-state index in [2.05, 4.69) is 5.32 Å². The van der Waals surface area contributed by atoms with Crippen molar-refractivity contribution >= 4 is 17.0 Å². The van der Waals surface area contributed by atoms with E-state index in [9.17, 15) is 13.2 Å². The fraction of sp³-hybridized carbons (Fsp3) is 0.167. The Morgan fingerprint density at radius 1 is 1.12 bits per heavy atom. The van der Waals surface area contributed by atoms with Gasteiger partial charge >= 0.3 is 6.18 Å². The number of halogens is 3. The van der Waals surface area contributed by atoms with Crippen LogP contribution in [0.2, 0.25) is 0 Å². The Hall–Kier alpha value is -1.49. The van der Waals surface area contributed by atoms with E-state index in [4.69, 9.17) is 0 Å². The molecule has 17 heavy (non-hydrogen) atoms. The van der Waals surface area contributed by atoms with Crippen LogP contribution in [-0.4, -0.2) is 0 Å². The Morgan fingerprint density at radius 3 is 2.53 bits per heavy atom. The van der Waals surface area contributed by atoms with Crippen LogP contribution in [0.15, 0.2) is 41.1 Å². The summed E-state index contributed by atoms with van der Waals surface area (Å²) in [7, 11) is 0. The number of benzene rings is 1. The van der Waals surface area contributed by atoms with Gasteiger partial charge in [-0.3, -0.25) is 0 Å². The van der Waals surface area contributed by atoms with Crippen molar-refractivity contribution in [1.29, 1.82) is 0 Å². The highest BCUT2D eigenvalue weighted by Crippen LogP contribution is 2.32. The molecule has 0 bridgehead atoms. The van der Waals surface area contributed by atoms with E-state index in [1.165, 1.54) is 23.5 Å². The lowest BCUT2D eigenvalue weighted by Crippen LogP contribution is -2.11. The molecule has 0 aliphatic rings. The lowest BCUT2D eigenvalue weighted by Gasteiger charge is -2.13. The highest BCUT2D eigenvalue weighted by atomic mass is 32.1. The van der Waals surface area contributed by atoms with Crippen LogP contribution in [0, 0.1) is 0 Å². The summed E-state index contributed by atoms with van der Waals surface area (Å²) in [4.78, 5) is 0. The van der Waals surface area contributed by atoms with Gasteiger partial charge in [0.25, 0.3) is 0 Å². The van der Waals surface area contributed by atoms with Gasteiger partial charge in [-0.05, 0) is 23.1 Å². The molecule has 1 heterocycles. The zero-order chi connectivity index (χ0) is 12.3. The molecule has 0 saturated heterocycles. The standard InChI is InChI=1S/C12H10F3NS/c13-12(14,15)11-4-2-1-3-9(11)7-16-10-5-6-17-8-10/h1-6,8,16H,7H2. The molecule has 0 atom stereocenters. The second kappa shape index (κ2) is 4.79. The molecule has 1 nitrogen and oxygen atoms in total. The molecular weight excluding hydrogens is 247 g/mol. The van der Waals surface area contributed by atoms with Crippen molar-refractivity contribution in [2.24, 2.45) is 0 Å². The van der Waals surface area contributed by atoms with Gasteiger partial charge in [0, 0.05) is 17.6 Å². The maximum absolute atomic E-state index is 12.7. The summed E-state index contributed by atoms with van der Waals surface area (Å²) in [6.45, 7) is 0.173. The van der Waals surface area contributed by atoms with E-state index < -0.39 is 11.7 Å². The molecular formula is C12H10F3NS. The topological polar surface area (TPSA) is 12.0 Å². The molecule has 0 spiro atoms. The van der Waals surface area contributed by atoms with Gasteiger partial charge in [-0.25, -0.2) is 0 Å². The predicted octanol–water partition coefficient (Wildman–Crippen LogP) is 4.38. The van der Waals surface area contributed by atoms with Crippen LogP contribution in [0.4, 0.5) is 18.9 Å². The van der Waals surface area contributed by atoms with Gasteiger partial charge in [0.15, 0.2) is 0 Å². The number of anilines is 1. The Kier molecular flexibility index (Phi) is 3.38. The van der Waals surface area contributed by atoms with Crippen molar-refractivity contribution in [1.82, 2.24) is 0 Å². The van der Waals surface area contributed by atoms with Gasteiger partial charge in [0.1, 0.15) is 0 Å². The first kappa shape index (κ1) is 12.0. The quantitative estimate of drug-likeness (QED) is 0.860. The number of hydrogen-bond donors (Lipinski definition) is 1. The van der Waals surface area contributed by atoms with Crippen LogP contribution in [-0.2, 0) is 12.7 Å². The summed E-state index contributed by atoms with van der Waals surface area (Å²) in [5.41, 5.74) is 0.515. The van der Waals surface area contributed by atoms with Gasteiger partial charge in [0.2, 0.25) is 0 Å². The number of hydrogen-bond acceptors (Lipinski definition) is 2. The van der Waals surface area contributed by atoms with Crippen LogP contribution in [0.1, 0.15) is 11.1 Å². The molecule has 0 radical (unpaired) electrons. The Bertz CT molecular complexity index is 477. The Morgan fingerprint density at radius 2 is 1.88 bits per heavy atom. The molecule has 5 heteroatoms. The molecule has 2 rings (SSSR count). The Labute approximate surface area is 101 Å². The fourth-order valence-electron chi connectivity index (χ4n) is 1.51. The van der Waals surface area contributed by atoms with Crippen molar-refractivity contribution < 1.29 is 13.2 Å². The third-order valence-electron chi connectivity index (χ3n) is 2.33. The predicted molar refractivity (Wildman–Crippen MR) is 63.1 cm³/mol. The van der Waals surface area contributed by atoms with E-state index in [-0.39, 0.29) is 12.1 Å². The second-order valence-corrected chi connectivity index (χ2v) is 4.30. The van der Waals surface area contributed by atoms with Crippen molar-refractivity contribution in [2.45, 2.75) is 12.7 Å². The molecule has 90 valence electrons. The maximum Gasteiger partial charge on any atom is 0.416 e. The van der Waals surface area contributed by atoms with Crippen LogP contribution < -0.4 is 5.32 Å². The first-order valence-corrected chi connectivity index (χ1v) is 5.93. The number of nitrogens with one attached hydrogen (secondary N) is 1. The molecule has 0 aliphatic carbocycles. The number of rotatable bonds is 3. The molecule has 1 aromatic heterocycles. The van der Waals surface area contributed by atoms with E-state index in [1.54, 1.807) is 6.07 Å². The molecule has 0 fully saturated rings. The Balaban J connectivity index is 2.16. The maximum atomic E-state index is 12.7. The highest BCUT2D eigenvalue weighted by molar-refractivity contribution is 7.08. The van der Waals surface area contributed by atoms with Crippen LogP contribution >= 0.6 is 11.3 Å². The molecule has 1 aromatic carbocycles. The average Bonchev–Trinajstić information content (AvgIpc) is 2.78. The van der Waals surface area contributed by atoms with Crippen molar-refractivity contribution in [3.8, 4) is 0 Å². The number of alkyl halides is 3. The zero-order valence-electron chi connectivity index (χ0n) is 8.79. The summed E-state index contributed by atoms with van der Waals surface area (Å²) >= 11 is 1.50. The fourth-order valence-corrected chi connectivity index (χ4v) is 2.13. The summed E-state index contributed by atoms with van der Waals surface area (Å²) in [6, 6.07) is 7.43. The molecule has 0 aliphatic heterocycles. The van der Waals surface area contributed by atoms with Crippen LogP contribution in [0.25, 0.3) is 0 Å².